The molecule has 27 heavy (non-hydrogen) atoms. The second-order valence-electron chi connectivity index (χ2n) is 6.16. The van der Waals surface area contributed by atoms with E-state index in [2.05, 4.69) is 25.0 Å². The second kappa shape index (κ2) is 10.3. The van der Waals surface area contributed by atoms with Crippen LogP contribution in [0, 0.1) is 0 Å². The van der Waals surface area contributed by atoms with E-state index in [0.717, 1.165) is 32.0 Å². The number of rotatable bonds is 7. The molecule has 146 valence electrons. The summed E-state index contributed by atoms with van der Waals surface area (Å²) in [5.41, 5.74) is 1.16. The Kier molecular flexibility index (Phi) is 7.81. The van der Waals surface area contributed by atoms with Crippen molar-refractivity contribution in [1.29, 1.82) is 0 Å². The molecular formula is C19H25N3O5. The number of nitrogens with zero attached hydrogens (tertiary/aromatic N) is 1. The Morgan fingerprint density at radius 2 is 1.56 bits per heavy atom. The van der Waals surface area contributed by atoms with Crippen LogP contribution >= 0.6 is 0 Å². The number of piperidine rings is 1. The minimum Gasteiger partial charge on any atom is -0.466 e. The van der Waals surface area contributed by atoms with Crippen LogP contribution in [0.25, 0.3) is 0 Å². The molecule has 0 bridgehead atoms. The van der Waals surface area contributed by atoms with Crippen LogP contribution in [-0.2, 0) is 23.9 Å². The lowest BCUT2D eigenvalue weighted by Crippen LogP contribution is -2.36. The summed E-state index contributed by atoms with van der Waals surface area (Å²) in [4.78, 5) is 37.4. The van der Waals surface area contributed by atoms with Crippen LogP contribution in [-0.4, -0.2) is 56.6 Å². The molecule has 1 amide bonds. The van der Waals surface area contributed by atoms with E-state index in [9.17, 15) is 14.4 Å². The first-order valence-corrected chi connectivity index (χ1v) is 8.79. The van der Waals surface area contributed by atoms with Crippen molar-refractivity contribution in [2.75, 3.05) is 44.5 Å². The van der Waals surface area contributed by atoms with Gasteiger partial charge in [0.2, 0.25) is 5.91 Å². The highest BCUT2D eigenvalue weighted by Crippen LogP contribution is 2.16. The fourth-order valence-corrected chi connectivity index (χ4v) is 2.75. The summed E-state index contributed by atoms with van der Waals surface area (Å²) in [6, 6.07) is 6.79. The lowest BCUT2D eigenvalue weighted by atomic mass is 10.1. The van der Waals surface area contributed by atoms with Crippen molar-refractivity contribution in [2.24, 2.45) is 0 Å². The predicted molar refractivity (Wildman–Crippen MR) is 101 cm³/mol. The van der Waals surface area contributed by atoms with Gasteiger partial charge >= 0.3 is 11.9 Å². The monoisotopic (exact) mass is 375 g/mol. The molecule has 0 aromatic heterocycles. The van der Waals surface area contributed by atoms with Gasteiger partial charge in [-0.05, 0) is 50.2 Å². The number of carbonyl (C=O) groups excluding carboxylic acids is 3. The Morgan fingerprint density at radius 3 is 2.11 bits per heavy atom. The van der Waals surface area contributed by atoms with Crippen LogP contribution in [0.4, 0.5) is 11.4 Å². The van der Waals surface area contributed by atoms with E-state index in [0.29, 0.717) is 17.9 Å². The highest BCUT2D eigenvalue weighted by atomic mass is 16.5. The van der Waals surface area contributed by atoms with E-state index in [1.54, 1.807) is 24.3 Å². The maximum Gasteiger partial charge on any atom is 0.354 e. The van der Waals surface area contributed by atoms with Crippen molar-refractivity contribution < 1.29 is 23.9 Å². The van der Waals surface area contributed by atoms with Gasteiger partial charge < -0.3 is 20.1 Å². The topological polar surface area (TPSA) is 97.0 Å². The Hall–Kier alpha value is -2.87. The standard InChI is InChI=1S/C19H25N3O5/c1-26-18(24)12-16(19(25)27-2)20-14-6-8-15(9-7-14)21-17(23)13-22-10-4-3-5-11-22/h6-9,12,20H,3-5,10-11,13H2,1-2H3,(H,21,23)/b16-12+. The zero-order valence-electron chi connectivity index (χ0n) is 15.6. The number of hydrogen-bond donors (Lipinski definition) is 2. The molecule has 8 nitrogen and oxygen atoms in total. The quantitative estimate of drug-likeness (QED) is 0.553. The molecule has 1 saturated heterocycles. The number of nitrogens with one attached hydrogen (secondary N) is 2. The number of likely N-dealkylation sites (tertiary alicyclic amines) is 1. The van der Waals surface area contributed by atoms with E-state index in [1.165, 1.54) is 20.6 Å². The summed E-state index contributed by atoms with van der Waals surface area (Å²) >= 11 is 0. The van der Waals surface area contributed by atoms with Gasteiger partial charge in [-0.3, -0.25) is 9.69 Å². The van der Waals surface area contributed by atoms with E-state index in [1.807, 2.05) is 0 Å². The Balaban J connectivity index is 1.94. The van der Waals surface area contributed by atoms with E-state index < -0.39 is 11.9 Å². The molecule has 1 heterocycles. The number of methoxy groups -OCH3 is 2. The summed E-state index contributed by atoms with van der Waals surface area (Å²) < 4.78 is 9.16. The Morgan fingerprint density at radius 1 is 0.963 bits per heavy atom. The number of esters is 2. The molecule has 1 fully saturated rings. The van der Waals surface area contributed by atoms with Gasteiger partial charge in [-0.1, -0.05) is 6.42 Å². The van der Waals surface area contributed by atoms with Crippen LogP contribution in [0.5, 0.6) is 0 Å². The normalized spacial score (nSPS) is 15.0. The van der Waals surface area contributed by atoms with Gasteiger partial charge in [0.05, 0.1) is 26.8 Å². The largest absolute Gasteiger partial charge is 0.466 e. The number of hydrogen-bond acceptors (Lipinski definition) is 7. The molecular weight excluding hydrogens is 350 g/mol. The maximum absolute atomic E-state index is 12.1. The van der Waals surface area contributed by atoms with Gasteiger partial charge in [0.15, 0.2) is 0 Å². The van der Waals surface area contributed by atoms with Gasteiger partial charge in [0.1, 0.15) is 5.70 Å². The van der Waals surface area contributed by atoms with Crippen LogP contribution in [0.1, 0.15) is 19.3 Å². The van der Waals surface area contributed by atoms with E-state index >= 15 is 0 Å². The molecule has 0 aliphatic carbocycles. The third-order valence-electron chi connectivity index (χ3n) is 4.13. The van der Waals surface area contributed by atoms with Gasteiger partial charge in [-0.25, -0.2) is 9.59 Å². The van der Waals surface area contributed by atoms with Crippen molar-refractivity contribution in [3.8, 4) is 0 Å². The number of carbonyl (C=O) groups is 3. The summed E-state index contributed by atoms with van der Waals surface area (Å²) in [5, 5.41) is 5.66. The van der Waals surface area contributed by atoms with Crippen molar-refractivity contribution in [2.45, 2.75) is 19.3 Å². The maximum atomic E-state index is 12.1. The number of benzene rings is 1. The molecule has 0 atom stereocenters. The van der Waals surface area contributed by atoms with Crippen LogP contribution in [0.3, 0.4) is 0 Å². The Bertz CT molecular complexity index is 694. The molecule has 0 radical (unpaired) electrons. The number of anilines is 2. The first kappa shape index (κ1) is 20.4. The molecule has 1 aromatic carbocycles. The van der Waals surface area contributed by atoms with Gasteiger partial charge in [0.25, 0.3) is 0 Å². The molecule has 0 spiro atoms. The molecule has 1 aliphatic rings. The van der Waals surface area contributed by atoms with Crippen molar-refractivity contribution in [3.63, 3.8) is 0 Å². The highest BCUT2D eigenvalue weighted by Gasteiger charge is 2.15. The van der Waals surface area contributed by atoms with Gasteiger partial charge in [-0.15, -0.1) is 0 Å². The Labute approximate surface area is 158 Å². The smallest absolute Gasteiger partial charge is 0.354 e. The summed E-state index contributed by atoms with van der Waals surface area (Å²) in [5.74, 6) is -1.43. The summed E-state index contributed by atoms with van der Waals surface area (Å²) in [6.45, 7) is 2.30. The third kappa shape index (κ3) is 6.74. The summed E-state index contributed by atoms with van der Waals surface area (Å²) in [7, 11) is 2.44. The zero-order valence-corrected chi connectivity index (χ0v) is 15.6. The van der Waals surface area contributed by atoms with Crippen molar-refractivity contribution in [3.05, 3.63) is 36.0 Å². The van der Waals surface area contributed by atoms with E-state index in [4.69, 9.17) is 0 Å². The fraction of sp³-hybridized carbons (Fsp3) is 0.421. The molecule has 1 aliphatic heterocycles. The lowest BCUT2D eigenvalue weighted by Gasteiger charge is -2.25. The average Bonchev–Trinajstić information content (AvgIpc) is 2.68. The summed E-state index contributed by atoms with van der Waals surface area (Å²) in [6.07, 6.45) is 4.51. The van der Waals surface area contributed by atoms with Crippen LogP contribution in [0.2, 0.25) is 0 Å². The van der Waals surface area contributed by atoms with Gasteiger partial charge in [0, 0.05) is 11.4 Å². The minimum absolute atomic E-state index is 0.0498. The highest BCUT2D eigenvalue weighted by molar-refractivity contribution is 5.98. The molecule has 1 aromatic rings. The molecule has 8 heteroatoms. The van der Waals surface area contributed by atoms with E-state index in [-0.39, 0.29) is 11.6 Å². The van der Waals surface area contributed by atoms with Gasteiger partial charge in [-0.2, -0.15) is 0 Å². The minimum atomic E-state index is -0.695. The number of amides is 1. The lowest BCUT2D eigenvalue weighted by molar-refractivity contribution is -0.138. The number of ether oxygens (including phenoxy) is 2. The second-order valence-corrected chi connectivity index (χ2v) is 6.16. The predicted octanol–water partition coefficient (Wildman–Crippen LogP) is 1.75. The molecule has 2 rings (SSSR count). The fourth-order valence-electron chi connectivity index (χ4n) is 2.75. The van der Waals surface area contributed by atoms with Crippen molar-refractivity contribution >= 4 is 29.2 Å². The first-order valence-electron chi connectivity index (χ1n) is 8.79. The molecule has 0 saturated carbocycles. The molecule has 2 N–H and O–H groups in total. The first-order chi connectivity index (χ1) is 13.0. The average molecular weight is 375 g/mol. The molecule has 0 unspecified atom stereocenters. The third-order valence-corrected chi connectivity index (χ3v) is 4.13. The SMILES string of the molecule is COC(=O)/C=C(/Nc1ccc(NC(=O)CN2CCCCC2)cc1)C(=O)OC. The van der Waals surface area contributed by atoms with Crippen LogP contribution in [0.15, 0.2) is 36.0 Å². The van der Waals surface area contributed by atoms with Crippen LogP contribution < -0.4 is 10.6 Å². The zero-order chi connectivity index (χ0) is 19.6. The van der Waals surface area contributed by atoms with Crippen molar-refractivity contribution in [1.82, 2.24) is 4.90 Å².